The van der Waals surface area contributed by atoms with Gasteiger partial charge in [-0.15, -0.1) is 0 Å². The molecule has 0 aliphatic heterocycles. The second-order valence-corrected chi connectivity index (χ2v) is 6.84. The highest BCUT2D eigenvalue weighted by atomic mass is 32.2. The minimum atomic E-state index is -3.04. The molecule has 0 aromatic heterocycles. The molecule has 5 heteroatoms. The fourth-order valence-electron chi connectivity index (χ4n) is 1.81. The zero-order valence-electron chi connectivity index (χ0n) is 10.4. The quantitative estimate of drug-likeness (QED) is 0.653. The topological polar surface area (TPSA) is 49.4 Å². The van der Waals surface area contributed by atoms with E-state index in [1.54, 1.807) is 7.05 Å². The molecule has 1 rings (SSSR count). The minimum absolute atomic E-state index is 0.218. The molecule has 1 aliphatic carbocycles. The third-order valence-corrected chi connectivity index (χ3v) is 5.00. The molecule has 16 heavy (non-hydrogen) atoms. The molecule has 0 heterocycles. The molecule has 1 saturated carbocycles. The monoisotopic (exact) mass is 248 g/mol. The highest BCUT2D eigenvalue weighted by Crippen LogP contribution is 2.27. The SMILES string of the molecule is CCCNCCS(=O)(=O)N(C)CC1CCC1. The lowest BCUT2D eigenvalue weighted by atomic mass is 9.86. The Kier molecular flexibility index (Phi) is 5.72. The first-order chi connectivity index (χ1) is 7.56. The van der Waals surface area contributed by atoms with E-state index < -0.39 is 10.0 Å². The maximum atomic E-state index is 11.9. The molecule has 0 amide bonds. The Bertz CT molecular complexity index is 286. The second-order valence-electron chi connectivity index (χ2n) is 4.64. The van der Waals surface area contributed by atoms with Gasteiger partial charge in [0.15, 0.2) is 0 Å². The van der Waals surface area contributed by atoms with E-state index in [1.165, 1.54) is 23.6 Å². The van der Waals surface area contributed by atoms with Crippen LogP contribution in [0.5, 0.6) is 0 Å². The van der Waals surface area contributed by atoms with E-state index in [4.69, 9.17) is 0 Å². The maximum absolute atomic E-state index is 11.9. The van der Waals surface area contributed by atoms with Gasteiger partial charge in [-0.1, -0.05) is 13.3 Å². The molecule has 0 saturated heterocycles. The van der Waals surface area contributed by atoms with Crippen molar-refractivity contribution in [3.05, 3.63) is 0 Å². The van der Waals surface area contributed by atoms with E-state index >= 15 is 0 Å². The van der Waals surface area contributed by atoms with E-state index in [0.29, 0.717) is 19.0 Å². The first-order valence-corrected chi connectivity index (χ1v) is 7.82. The van der Waals surface area contributed by atoms with Crippen LogP contribution < -0.4 is 5.32 Å². The van der Waals surface area contributed by atoms with Crippen LogP contribution in [0, 0.1) is 5.92 Å². The number of hydrogen-bond acceptors (Lipinski definition) is 3. The van der Waals surface area contributed by atoms with E-state index in [1.807, 2.05) is 0 Å². The fourth-order valence-corrected chi connectivity index (χ4v) is 2.96. The van der Waals surface area contributed by atoms with Gasteiger partial charge in [0.2, 0.25) is 10.0 Å². The van der Waals surface area contributed by atoms with Gasteiger partial charge in [0.1, 0.15) is 0 Å². The molecule has 1 aliphatic rings. The molecule has 1 N–H and O–H groups in total. The molecule has 0 bridgehead atoms. The molecular formula is C11H24N2O2S. The van der Waals surface area contributed by atoms with Gasteiger partial charge in [0.25, 0.3) is 0 Å². The van der Waals surface area contributed by atoms with Crippen LogP contribution in [-0.2, 0) is 10.0 Å². The first kappa shape index (κ1) is 13.9. The lowest BCUT2D eigenvalue weighted by molar-refractivity contribution is 0.263. The normalized spacial score (nSPS) is 17.7. The van der Waals surface area contributed by atoms with Crippen molar-refractivity contribution in [2.75, 3.05) is 32.4 Å². The van der Waals surface area contributed by atoms with Gasteiger partial charge in [0.05, 0.1) is 5.75 Å². The summed E-state index contributed by atoms with van der Waals surface area (Å²) in [6.07, 6.45) is 4.68. The predicted octanol–water partition coefficient (Wildman–Crippen LogP) is 1.05. The van der Waals surface area contributed by atoms with Crippen LogP contribution >= 0.6 is 0 Å². The number of sulfonamides is 1. The molecule has 0 aromatic rings. The van der Waals surface area contributed by atoms with Gasteiger partial charge in [-0.25, -0.2) is 12.7 Å². The lowest BCUT2D eigenvalue weighted by Crippen LogP contribution is -2.38. The third kappa shape index (κ3) is 4.39. The number of rotatable bonds is 8. The van der Waals surface area contributed by atoms with Crippen molar-refractivity contribution in [3.8, 4) is 0 Å². The highest BCUT2D eigenvalue weighted by Gasteiger charge is 2.24. The van der Waals surface area contributed by atoms with Crippen LogP contribution in [0.25, 0.3) is 0 Å². The molecule has 0 spiro atoms. The summed E-state index contributed by atoms with van der Waals surface area (Å²) in [6.45, 7) is 4.23. The Morgan fingerprint density at radius 1 is 1.31 bits per heavy atom. The summed E-state index contributed by atoms with van der Waals surface area (Å²) in [6, 6.07) is 0. The Morgan fingerprint density at radius 2 is 2.00 bits per heavy atom. The van der Waals surface area contributed by atoms with Gasteiger partial charge in [-0.05, 0) is 31.7 Å². The van der Waals surface area contributed by atoms with Gasteiger partial charge >= 0.3 is 0 Å². The molecule has 4 nitrogen and oxygen atoms in total. The summed E-state index contributed by atoms with van der Waals surface area (Å²) in [5.41, 5.74) is 0. The molecular weight excluding hydrogens is 224 g/mol. The molecule has 96 valence electrons. The van der Waals surface area contributed by atoms with Gasteiger partial charge < -0.3 is 5.32 Å². The van der Waals surface area contributed by atoms with Crippen LogP contribution in [0.15, 0.2) is 0 Å². The zero-order valence-corrected chi connectivity index (χ0v) is 11.2. The molecule has 0 atom stereocenters. The Hall–Kier alpha value is -0.130. The van der Waals surface area contributed by atoms with Crippen molar-refractivity contribution in [1.82, 2.24) is 9.62 Å². The van der Waals surface area contributed by atoms with Crippen molar-refractivity contribution in [3.63, 3.8) is 0 Å². The Balaban J connectivity index is 2.24. The minimum Gasteiger partial charge on any atom is -0.316 e. The van der Waals surface area contributed by atoms with Crippen molar-refractivity contribution < 1.29 is 8.42 Å². The zero-order chi connectivity index (χ0) is 12.0. The largest absolute Gasteiger partial charge is 0.316 e. The Morgan fingerprint density at radius 3 is 2.50 bits per heavy atom. The Labute approximate surface area is 99.5 Å². The highest BCUT2D eigenvalue weighted by molar-refractivity contribution is 7.89. The van der Waals surface area contributed by atoms with Gasteiger partial charge in [-0.3, -0.25) is 0 Å². The van der Waals surface area contributed by atoms with Crippen LogP contribution in [0.4, 0.5) is 0 Å². The van der Waals surface area contributed by atoms with Crippen LogP contribution in [-0.4, -0.2) is 45.2 Å². The standard InChI is InChI=1S/C11H24N2O2S/c1-3-7-12-8-9-16(14,15)13(2)10-11-5-4-6-11/h11-12H,3-10H2,1-2H3. The average Bonchev–Trinajstić information content (AvgIpc) is 2.18. The van der Waals surface area contributed by atoms with Crippen LogP contribution in [0.3, 0.4) is 0 Å². The smallest absolute Gasteiger partial charge is 0.215 e. The van der Waals surface area contributed by atoms with Gasteiger partial charge in [-0.2, -0.15) is 0 Å². The summed E-state index contributed by atoms with van der Waals surface area (Å²) in [4.78, 5) is 0. The van der Waals surface area contributed by atoms with E-state index in [2.05, 4.69) is 12.2 Å². The number of nitrogens with one attached hydrogen (secondary N) is 1. The van der Waals surface area contributed by atoms with Crippen LogP contribution in [0.2, 0.25) is 0 Å². The molecule has 0 aromatic carbocycles. The summed E-state index contributed by atoms with van der Waals surface area (Å²) in [5, 5.41) is 3.12. The maximum Gasteiger partial charge on any atom is 0.215 e. The average molecular weight is 248 g/mol. The number of hydrogen-bond donors (Lipinski definition) is 1. The molecule has 0 radical (unpaired) electrons. The molecule has 0 unspecified atom stereocenters. The van der Waals surface area contributed by atoms with Crippen molar-refractivity contribution >= 4 is 10.0 Å². The predicted molar refractivity (Wildman–Crippen MR) is 66.9 cm³/mol. The second kappa shape index (κ2) is 6.57. The van der Waals surface area contributed by atoms with E-state index in [-0.39, 0.29) is 5.75 Å². The van der Waals surface area contributed by atoms with Crippen molar-refractivity contribution in [2.45, 2.75) is 32.6 Å². The fraction of sp³-hybridized carbons (Fsp3) is 1.00. The lowest BCUT2D eigenvalue weighted by Gasteiger charge is -2.29. The first-order valence-electron chi connectivity index (χ1n) is 6.21. The van der Waals surface area contributed by atoms with E-state index in [9.17, 15) is 8.42 Å². The summed E-state index contributed by atoms with van der Waals surface area (Å²) in [7, 11) is -1.34. The van der Waals surface area contributed by atoms with Crippen molar-refractivity contribution in [2.24, 2.45) is 5.92 Å². The summed E-state index contributed by atoms with van der Waals surface area (Å²) < 4.78 is 25.2. The molecule has 1 fully saturated rings. The summed E-state index contributed by atoms with van der Waals surface area (Å²) in [5.74, 6) is 0.819. The number of nitrogens with zero attached hydrogens (tertiary/aromatic N) is 1. The van der Waals surface area contributed by atoms with Crippen LogP contribution in [0.1, 0.15) is 32.6 Å². The summed E-state index contributed by atoms with van der Waals surface area (Å²) >= 11 is 0. The third-order valence-electron chi connectivity index (χ3n) is 3.18. The van der Waals surface area contributed by atoms with Crippen molar-refractivity contribution in [1.29, 1.82) is 0 Å². The van der Waals surface area contributed by atoms with Gasteiger partial charge in [0, 0.05) is 20.1 Å². The van der Waals surface area contributed by atoms with E-state index in [0.717, 1.165) is 13.0 Å².